The van der Waals surface area contributed by atoms with E-state index in [1.807, 2.05) is 90.7 Å². The Bertz CT molecular complexity index is 1520. The van der Waals surface area contributed by atoms with Gasteiger partial charge in [0.25, 0.3) is 5.91 Å². The fraction of sp³-hybridized carbons (Fsp3) is 0.294. The van der Waals surface area contributed by atoms with Gasteiger partial charge >= 0.3 is 0 Å². The topological polar surface area (TPSA) is 88.1 Å². The molecule has 9 nitrogen and oxygen atoms in total. The van der Waals surface area contributed by atoms with Crippen LogP contribution >= 0.6 is 0 Å². The predicted octanol–water partition coefficient (Wildman–Crippen LogP) is 5.10. The summed E-state index contributed by atoms with van der Waals surface area (Å²) in [6, 6.07) is 28.2. The second kappa shape index (κ2) is 13.8. The van der Waals surface area contributed by atoms with Crippen LogP contribution in [0.2, 0.25) is 0 Å². The molecule has 222 valence electrons. The number of hydrogen-bond donors (Lipinski definition) is 0. The van der Waals surface area contributed by atoms with Gasteiger partial charge in [-0.1, -0.05) is 48.5 Å². The zero-order chi connectivity index (χ0) is 30.2. The van der Waals surface area contributed by atoms with Crippen molar-refractivity contribution in [1.29, 1.82) is 0 Å². The summed E-state index contributed by atoms with van der Waals surface area (Å²) in [5.74, 6) is 1.89. The van der Waals surface area contributed by atoms with Crippen molar-refractivity contribution in [3.63, 3.8) is 0 Å². The monoisotopic (exact) mass is 579 g/mol. The van der Waals surface area contributed by atoms with Crippen LogP contribution in [-0.4, -0.2) is 78.8 Å². The maximum Gasteiger partial charge on any atom is 0.254 e. The molecule has 3 aromatic carbocycles. The van der Waals surface area contributed by atoms with Crippen molar-refractivity contribution in [3.8, 4) is 22.8 Å². The lowest BCUT2D eigenvalue weighted by molar-refractivity contribution is -0.132. The number of aromatic nitrogens is 2. The molecule has 1 saturated heterocycles. The Balaban J connectivity index is 1.27. The maximum atomic E-state index is 13.6. The van der Waals surface area contributed by atoms with Crippen LogP contribution in [0.15, 0.2) is 91.0 Å². The Labute approximate surface area is 252 Å². The SMILES string of the molecule is COc1ccc(-c2ccc(N3CCCN(C(=O)CN(C(=O)c4ccccc4)C(C)c4ccccc4)CC3)nn2)c(OC)c1. The molecule has 5 rings (SSSR count). The van der Waals surface area contributed by atoms with Crippen LogP contribution in [0.5, 0.6) is 11.5 Å². The first-order valence-corrected chi connectivity index (χ1v) is 14.5. The summed E-state index contributed by atoms with van der Waals surface area (Å²) in [4.78, 5) is 32.9. The number of nitrogens with zero attached hydrogens (tertiary/aromatic N) is 5. The van der Waals surface area contributed by atoms with Gasteiger partial charge in [0.15, 0.2) is 5.82 Å². The molecule has 1 aliphatic rings. The van der Waals surface area contributed by atoms with E-state index in [0.717, 1.165) is 29.9 Å². The van der Waals surface area contributed by atoms with E-state index in [4.69, 9.17) is 9.47 Å². The first kappa shape index (κ1) is 29.6. The quantitative estimate of drug-likeness (QED) is 0.273. The molecule has 1 aliphatic heterocycles. The number of ether oxygens (including phenoxy) is 2. The molecule has 1 fully saturated rings. The van der Waals surface area contributed by atoms with E-state index in [1.54, 1.807) is 31.3 Å². The minimum absolute atomic E-state index is 0.00197. The number of carbonyl (C=O) groups is 2. The molecule has 0 N–H and O–H groups in total. The number of benzene rings is 3. The third-order valence-corrected chi connectivity index (χ3v) is 7.84. The molecule has 43 heavy (non-hydrogen) atoms. The van der Waals surface area contributed by atoms with E-state index in [1.165, 1.54) is 0 Å². The molecule has 1 aromatic heterocycles. The number of amides is 2. The molecule has 1 unspecified atom stereocenters. The molecule has 4 aromatic rings. The van der Waals surface area contributed by atoms with Crippen molar-refractivity contribution in [1.82, 2.24) is 20.0 Å². The molecule has 2 amide bonds. The minimum Gasteiger partial charge on any atom is -0.497 e. The number of hydrogen-bond acceptors (Lipinski definition) is 7. The van der Waals surface area contributed by atoms with Gasteiger partial charge in [-0.2, -0.15) is 0 Å². The average Bonchev–Trinajstić information content (AvgIpc) is 3.34. The van der Waals surface area contributed by atoms with E-state index in [-0.39, 0.29) is 24.4 Å². The van der Waals surface area contributed by atoms with E-state index in [0.29, 0.717) is 42.4 Å². The van der Waals surface area contributed by atoms with Crippen LogP contribution in [0.4, 0.5) is 5.82 Å². The summed E-state index contributed by atoms with van der Waals surface area (Å²) < 4.78 is 10.8. The third-order valence-electron chi connectivity index (χ3n) is 7.84. The van der Waals surface area contributed by atoms with Gasteiger partial charge in [0.05, 0.1) is 26.0 Å². The van der Waals surface area contributed by atoms with Crippen molar-refractivity contribution >= 4 is 17.6 Å². The van der Waals surface area contributed by atoms with Gasteiger partial charge < -0.3 is 24.2 Å². The number of methoxy groups -OCH3 is 2. The highest BCUT2D eigenvalue weighted by atomic mass is 16.5. The standard InChI is InChI=1S/C34H37N5O4/c1-25(26-11-6-4-7-12-26)39(34(41)27-13-8-5-9-14-27)24-33(40)38-20-10-19-37(21-22-38)32-18-17-30(35-36-32)29-16-15-28(42-2)23-31(29)43-3/h4-9,11-18,23,25H,10,19-22,24H2,1-3H3. The maximum absolute atomic E-state index is 13.6. The van der Waals surface area contributed by atoms with Crippen molar-refractivity contribution in [2.45, 2.75) is 19.4 Å². The highest BCUT2D eigenvalue weighted by Gasteiger charge is 2.28. The van der Waals surface area contributed by atoms with Crippen LogP contribution in [0.25, 0.3) is 11.3 Å². The summed E-state index contributed by atoms with van der Waals surface area (Å²) in [5.41, 5.74) is 3.07. The average molecular weight is 580 g/mol. The molecule has 0 saturated carbocycles. The number of carbonyl (C=O) groups excluding carboxylic acids is 2. The number of anilines is 1. The first-order valence-electron chi connectivity index (χ1n) is 14.5. The lowest BCUT2D eigenvalue weighted by Gasteiger charge is -2.31. The molecule has 9 heteroatoms. The van der Waals surface area contributed by atoms with Crippen molar-refractivity contribution in [3.05, 3.63) is 102 Å². The molecule has 2 heterocycles. The summed E-state index contributed by atoms with van der Waals surface area (Å²) >= 11 is 0. The normalized spacial score (nSPS) is 14.0. The predicted molar refractivity (Wildman–Crippen MR) is 166 cm³/mol. The summed E-state index contributed by atoms with van der Waals surface area (Å²) in [5, 5.41) is 8.97. The summed E-state index contributed by atoms with van der Waals surface area (Å²) in [6.07, 6.45) is 0.780. The molecule has 0 aliphatic carbocycles. The lowest BCUT2D eigenvalue weighted by Crippen LogP contribution is -2.45. The Morgan fingerprint density at radius 2 is 1.58 bits per heavy atom. The van der Waals surface area contributed by atoms with Crippen LogP contribution in [0.1, 0.15) is 35.3 Å². The molecule has 0 radical (unpaired) electrons. The highest BCUT2D eigenvalue weighted by molar-refractivity contribution is 5.96. The lowest BCUT2D eigenvalue weighted by atomic mass is 10.1. The Morgan fingerprint density at radius 1 is 0.837 bits per heavy atom. The second-order valence-electron chi connectivity index (χ2n) is 10.5. The first-order chi connectivity index (χ1) is 21.0. The Morgan fingerprint density at radius 3 is 2.26 bits per heavy atom. The number of rotatable bonds is 9. The fourth-order valence-electron chi connectivity index (χ4n) is 5.33. The van der Waals surface area contributed by atoms with Crippen molar-refractivity contribution in [2.75, 3.05) is 51.8 Å². The third kappa shape index (κ3) is 6.94. The zero-order valence-corrected chi connectivity index (χ0v) is 24.8. The van der Waals surface area contributed by atoms with Gasteiger partial charge in [-0.05, 0) is 55.3 Å². The van der Waals surface area contributed by atoms with Gasteiger partial charge in [-0.3, -0.25) is 9.59 Å². The summed E-state index contributed by atoms with van der Waals surface area (Å²) in [6.45, 7) is 4.47. The van der Waals surface area contributed by atoms with Gasteiger partial charge in [0.1, 0.15) is 18.0 Å². The largest absolute Gasteiger partial charge is 0.497 e. The van der Waals surface area contributed by atoms with Crippen molar-refractivity contribution in [2.24, 2.45) is 0 Å². The van der Waals surface area contributed by atoms with E-state index in [9.17, 15) is 9.59 Å². The zero-order valence-electron chi connectivity index (χ0n) is 24.8. The van der Waals surface area contributed by atoms with Crippen LogP contribution in [0.3, 0.4) is 0 Å². The van der Waals surface area contributed by atoms with Gasteiger partial charge in [0, 0.05) is 43.4 Å². The van der Waals surface area contributed by atoms with E-state index >= 15 is 0 Å². The van der Waals surface area contributed by atoms with Gasteiger partial charge in [-0.25, -0.2) is 0 Å². The van der Waals surface area contributed by atoms with Crippen LogP contribution < -0.4 is 14.4 Å². The second-order valence-corrected chi connectivity index (χ2v) is 10.5. The minimum atomic E-state index is -0.264. The summed E-state index contributed by atoms with van der Waals surface area (Å²) in [7, 11) is 3.23. The molecule has 1 atom stereocenters. The molecular weight excluding hydrogens is 542 g/mol. The Hall–Kier alpha value is -4.92. The Kier molecular flexibility index (Phi) is 9.51. The van der Waals surface area contributed by atoms with Crippen molar-refractivity contribution < 1.29 is 19.1 Å². The van der Waals surface area contributed by atoms with Gasteiger partial charge in [-0.15, -0.1) is 10.2 Å². The molecule has 0 bridgehead atoms. The molecule has 0 spiro atoms. The highest BCUT2D eigenvalue weighted by Crippen LogP contribution is 2.32. The van der Waals surface area contributed by atoms with E-state index in [2.05, 4.69) is 15.1 Å². The van der Waals surface area contributed by atoms with Crippen LogP contribution in [0, 0.1) is 0 Å². The molecular formula is C34H37N5O4. The van der Waals surface area contributed by atoms with Crippen LogP contribution in [-0.2, 0) is 4.79 Å². The fourth-order valence-corrected chi connectivity index (χ4v) is 5.33. The van der Waals surface area contributed by atoms with Gasteiger partial charge in [0.2, 0.25) is 5.91 Å². The van der Waals surface area contributed by atoms with E-state index < -0.39 is 0 Å². The smallest absolute Gasteiger partial charge is 0.254 e.